The zero-order valence-corrected chi connectivity index (χ0v) is 15.2. The molecule has 0 heterocycles. The van der Waals surface area contributed by atoms with Gasteiger partial charge in [-0.05, 0) is 68.5 Å². The molecule has 0 fully saturated rings. The van der Waals surface area contributed by atoms with E-state index >= 15 is 0 Å². The van der Waals surface area contributed by atoms with Crippen molar-refractivity contribution in [2.24, 2.45) is 0 Å². The molecule has 0 aliphatic rings. The predicted molar refractivity (Wildman–Crippen MR) is 99.2 cm³/mol. The van der Waals surface area contributed by atoms with Gasteiger partial charge in [0, 0.05) is 11.4 Å². The summed E-state index contributed by atoms with van der Waals surface area (Å²) in [5, 5.41) is 2.45. The summed E-state index contributed by atoms with van der Waals surface area (Å²) in [5.41, 5.74) is 1.27. The zero-order chi connectivity index (χ0) is 16.7. The van der Waals surface area contributed by atoms with E-state index in [9.17, 15) is 0 Å². The van der Waals surface area contributed by atoms with Crippen LogP contribution in [0.2, 0.25) is 0 Å². The maximum absolute atomic E-state index is 6.00. The number of hydrogen-bond acceptors (Lipinski definition) is 2. The lowest BCUT2D eigenvalue weighted by Gasteiger charge is -2.15. The second-order valence-electron chi connectivity index (χ2n) is 6.04. The van der Waals surface area contributed by atoms with Gasteiger partial charge in [-0.3, -0.25) is 0 Å². The van der Waals surface area contributed by atoms with Crippen molar-refractivity contribution in [2.75, 3.05) is 12.5 Å². The molecule has 0 radical (unpaired) electrons. The summed E-state index contributed by atoms with van der Waals surface area (Å²) >= 11 is 5.70. The van der Waals surface area contributed by atoms with E-state index in [0.29, 0.717) is 0 Å². The van der Waals surface area contributed by atoms with Crippen LogP contribution >= 0.6 is 11.6 Å². The molecule has 0 aliphatic heterocycles. The van der Waals surface area contributed by atoms with Gasteiger partial charge in [0.05, 0.1) is 12.7 Å². The summed E-state index contributed by atoms with van der Waals surface area (Å²) < 4.78 is 11.8. The molecule has 0 spiro atoms. The molecule has 23 heavy (non-hydrogen) atoms. The average molecular weight is 335 g/mol. The molecule has 2 rings (SSSR count). The Morgan fingerprint density at radius 1 is 1.04 bits per heavy atom. The van der Waals surface area contributed by atoms with Crippen LogP contribution in [0.5, 0.6) is 11.5 Å². The maximum atomic E-state index is 6.00. The average Bonchev–Trinajstić information content (AvgIpc) is 2.53. The van der Waals surface area contributed by atoms with Crippen molar-refractivity contribution >= 4 is 22.4 Å². The molecular formula is C20H27ClO2. The van der Waals surface area contributed by atoms with Gasteiger partial charge >= 0.3 is 0 Å². The Morgan fingerprint density at radius 3 is 2.57 bits per heavy atom. The van der Waals surface area contributed by atoms with Gasteiger partial charge in [-0.15, -0.1) is 11.6 Å². The van der Waals surface area contributed by atoms with E-state index < -0.39 is 0 Å². The third-order valence-electron chi connectivity index (χ3n) is 3.82. The predicted octanol–water partition coefficient (Wildman–Crippen LogP) is 5.98. The van der Waals surface area contributed by atoms with Crippen LogP contribution in [0, 0.1) is 0 Å². The molecule has 2 nitrogen and oxygen atoms in total. The van der Waals surface area contributed by atoms with Gasteiger partial charge in [0.25, 0.3) is 0 Å². The maximum Gasteiger partial charge on any atom is 0.123 e. The highest BCUT2D eigenvalue weighted by Crippen LogP contribution is 2.31. The number of halogens is 1. The fraction of sp³-hybridized carbons (Fsp3) is 0.500. The Bertz CT molecular complexity index is 622. The number of benzene rings is 2. The van der Waals surface area contributed by atoms with E-state index in [1.54, 1.807) is 0 Å². The molecule has 0 N–H and O–H groups in total. The second-order valence-corrected chi connectivity index (χ2v) is 6.42. The van der Waals surface area contributed by atoms with Gasteiger partial charge in [-0.1, -0.05) is 19.1 Å². The lowest BCUT2D eigenvalue weighted by atomic mass is 10.0. The minimum absolute atomic E-state index is 0.189. The first-order valence-corrected chi connectivity index (χ1v) is 9.10. The number of alkyl halides is 1. The highest BCUT2D eigenvalue weighted by Gasteiger charge is 2.09. The lowest BCUT2D eigenvalue weighted by Crippen LogP contribution is -2.05. The largest absolute Gasteiger partial charge is 0.493 e. The molecule has 0 saturated heterocycles. The van der Waals surface area contributed by atoms with E-state index in [1.807, 2.05) is 19.9 Å². The zero-order valence-electron chi connectivity index (χ0n) is 14.4. The standard InChI is InChI=1S/C20H27ClO2/c1-4-18-19-10-9-17(23-15(2)3)14-16(19)8-11-20(18)22-13-7-5-6-12-21/h8-11,14-15H,4-7,12-13H2,1-3H3. The first kappa shape index (κ1) is 17.9. The van der Waals surface area contributed by atoms with Gasteiger partial charge in [-0.2, -0.15) is 0 Å². The van der Waals surface area contributed by atoms with Crippen LogP contribution in [0.25, 0.3) is 10.8 Å². The van der Waals surface area contributed by atoms with E-state index in [4.69, 9.17) is 21.1 Å². The van der Waals surface area contributed by atoms with Crippen molar-refractivity contribution < 1.29 is 9.47 Å². The van der Waals surface area contributed by atoms with Crippen LogP contribution in [0.15, 0.2) is 30.3 Å². The summed E-state index contributed by atoms with van der Waals surface area (Å²) in [6.07, 6.45) is 4.37. The van der Waals surface area contributed by atoms with Gasteiger partial charge in [0.15, 0.2) is 0 Å². The highest BCUT2D eigenvalue weighted by molar-refractivity contribution is 6.17. The van der Waals surface area contributed by atoms with Gasteiger partial charge < -0.3 is 9.47 Å². The van der Waals surface area contributed by atoms with Crippen LogP contribution in [-0.4, -0.2) is 18.6 Å². The summed E-state index contributed by atoms with van der Waals surface area (Å²) in [4.78, 5) is 0. The molecule has 0 aromatic heterocycles. The van der Waals surface area contributed by atoms with E-state index in [2.05, 4.69) is 31.2 Å². The van der Waals surface area contributed by atoms with Crippen molar-refractivity contribution in [1.82, 2.24) is 0 Å². The van der Waals surface area contributed by atoms with Gasteiger partial charge in [-0.25, -0.2) is 0 Å². The fourth-order valence-electron chi connectivity index (χ4n) is 2.75. The van der Waals surface area contributed by atoms with Gasteiger partial charge in [0.2, 0.25) is 0 Å². The molecule has 0 saturated carbocycles. The van der Waals surface area contributed by atoms with Gasteiger partial charge in [0.1, 0.15) is 11.5 Å². The first-order chi connectivity index (χ1) is 11.2. The summed E-state index contributed by atoms with van der Waals surface area (Å²) in [6, 6.07) is 10.5. The minimum atomic E-state index is 0.189. The number of aryl methyl sites for hydroxylation is 1. The smallest absolute Gasteiger partial charge is 0.123 e. The molecule has 126 valence electrons. The number of rotatable bonds is 9. The summed E-state index contributed by atoms with van der Waals surface area (Å²) in [7, 11) is 0. The third-order valence-corrected chi connectivity index (χ3v) is 4.09. The summed E-state index contributed by atoms with van der Waals surface area (Å²) in [6.45, 7) is 7.02. The Hall–Kier alpha value is -1.41. The Balaban J connectivity index is 2.16. The number of ether oxygens (including phenoxy) is 2. The Morgan fingerprint density at radius 2 is 1.87 bits per heavy atom. The number of unbranched alkanes of at least 4 members (excludes halogenated alkanes) is 2. The topological polar surface area (TPSA) is 18.5 Å². The monoisotopic (exact) mass is 334 g/mol. The third kappa shape index (κ3) is 5.04. The first-order valence-electron chi connectivity index (χ1n) is 8.56. The summed E-state index contributed by atoms with van der Waals surface area (Å²) in [5.74, 6) is 2.66. The number of fused-ring (bicyclic) bond motifs is 1. The Labute approximate surface area is 144 Å². The van der Waals surface area contributed by atoms with Crippen LogP contribution in [0.3, 0.4) is 0 Å². The van der Waals surface area contributed by atoms with E-state index in [-0.39, 0.29) is 6.10 Å². The fourth-order valence-corrected chi connectivity index (χ4v) is 2.94. The normalized spacial score (nSPS) is 11.2. The molecule has 0 amide bonds. The molecule has 0 atom stereocenters. The molecule has 2 aromatic carbocycles. The molecular weight excluding hydrogens is 308 g/mol. The Kier molecular flexibility index (Phi) is 7.04. The molecule has 0 bridgehead atoms. The van der Waals surface area contributed by atoms with E-state index in [1.165, 1.54) is 16.3 Å². The molecule has 3 heteroatoms. The van der Waals surface area contributed by atoms with Crippen molar-refractivity contribution in [2.45, 2.75) is 52.6 Å². The highest BCUT2D eigenvalue weighted by atomic mass is 35.5. The molecule has 0 aliphatic carbocycles. The lowest BCUT2D eigenvalue weighted by molar-refractivity contribution is 0.243. The van der Waals surface area contributed by atoms with Crippen LogP contribution in [0.4, 0.5) is 0 Å². The SMILES string of the molecule is CCc1c(OCCCCCCl)ccc2cc(OC(C)C)ccc12. The minimum Gasteiger partial charge on any atom is -0.493 e. The van der Waals surface area contributed by atoms with Crippen molar-refractivity contribution in [1.29, 1.82) is 0 Å². The van der Waals surface area contributed by atoms with Crippen LogP contribution < -0.4 is 9.47 Å². The number of hydrogen-bond donors (Lipinski definition) is 0. The van der Waals surface area contributed by atoms with Crippen molar-refractivity contribution in [3.8, 4) is 11.5 Å². The second kappa shape index (κ2) is 9.02. The van der Waals surface area contributed by atoms with E-state index in [0.717, 1.165) is 49.7 Å². The molecule has 2 aromatic rings. The quantitative estimate of drug-likeness (QED) is 0.415. The van der Waals surface area contributed by atoms with Crippen molar-refractivity contribution in [3.05, 3.63) is 35.9 Å². The van der Waals surface area contributed by atoms with Crippen LogP contribution in [-0.2, 0) is 6.42 Å². The van der Waals surface area contributed by atoms with Crippen LogP contribution in [0.1, 0.15) is 45.6 Å². The van der Waals surface area contributed by atoms with Crippen molar-refractivity contribution in [3.63, 3.8) is 0 Å². The molecule has 0 unspecified atom stereocenters.